The van der Waals surface area contributed by atoms with Crippen molar-refractivity contribution in [1.29, 1.82) is 0 Å². The molecule has 1 aliphatic heterocycles. The van der Waals surface area contributed by atoms with Gasteiger partial charge < -0.3 is 20.7 Å². The number of carbonyl (C=O) groups is 2. The summed E-state index contributed by atoms with van der Waals surface area (Å²) in [6.45, 7) is -2.14. The molecule has 3 amide bonds. The summed E-state index contributed by atoms with van der Waals surface area (Å²) in [4.78, 5) is 25.6. The zero-order valence-corrected chi connectivity index (χ0v) is 16.4. The Morgan fingerprint density at radius 1 is 1.17 bits per heavy atom. The van der Waals surface area contributed by atoms with Gasteiger partial charge in [-0.25, -0.2) is 13.6 Å². The number of alkyl halides is 4. The fourth-order valence-electron chi connectivity index (χ4n) is 3.83. The van der Waals surface area contributed by atoms with Gasteiger partial charge in [-0.15, -0.1) is 0 Å². The van der Waals surface area contributed by atoms with Crippen LogP contribution in [0.25, 0.3) is 0 Å². The van der Waals surface area contributed by atoms with Crippen molar-refractivity contribution in [1.82, 2.24) is 10.2 Å². The number of hydrogen-bond acceptors (Lipinski definition) is 3. The highest BCUT2D eigenvalue weighted by Gasteiger charge is 2.45. The Kier molecular flexibility index (Phi) is 6.42. The summed E-state index contributed by atoms with van der Waals surface area (Å²) < 4.78 is 58.5. The van der Waals surface area contributed by atoms with Gasteiger partial charge in [0.15, 0.2) is 0 Å². The molecule has 0 radical (unpaired) electrons. The molecule has 1 atom stereocenters. The molecule has 1 heterocycles. The fourth-order valence-corrected chi connectivity index (χ4v) is 3.83. The molecule has 1 spiro atoms. The third kappa shape index (κ3) is 5.76. The monoisotopic (exact) mass is 431 g/mol. The van der Waals surface area contributed by atoms with Crippen LogP contribution in [0, 0.1) is 5.41 Å². The molecule has 3 N–H and O–H groups in total. The van der Waals surface area contributed by atoms with Crippen LogP contribution in [0.4, 0.5) is 22.4 Å². The van der Waals surface area contributed by atoms with E-state index in [1.54, 1.807) is 0 Å². The Morgan fingerprint density at radius 3 is 2.37 bits per heavy atom. The summed E-state index contributed by atoms with van der Waals surface area (Å²) in [5, 5.41) is 2.30. The van der Waals surface area contributed by atoms with Crippen LogP contribution in [0.5, 0.6) is 5.75 Å². The number of primary amides is 1. The molecule has 166 valence electrons. The van der Waals surface area contributed by atoms with Crippen LogP contribution >= 0.6 is 0 Å². The quantitative estimate of drug-likeness (QED) is 0.620. The minimum Gasteiger partial charge on any atom is -0.435 e. The van der Waals surface area contributed by atoms with E-state index in [-0.39, 0.29) is 11.3 Å². The van der Waals surface area contributed by atoms with Crippen molar-refractivity contribution >= 4 is 11.9 Å². The molecular formula is C20H25F4N3O3. The molecular weight excluding hydrogens is 406 g/mol. The molecule has 1 saturated carbocycles. The van der Waals surface area contributed by atoms with Crippen LogP contribution < -0.4 is 15.8 Å². The van der Waals surface area contributed by atoms with E-state index in [2.05, 4.69) is 10.1 Å². The van der Waals surface area contributed by atoms with Gasteiger partial charge in [0.05, 0.1) is 0 Å². The summed E-state index contributed by atoms with van der Waals surface area (Å²) in [6, 6.07) is 3.01. The molecule has 2 aliphatic rings. The van der Waals surface area contributed by atoms with Crippen molar-refractivity contribution < 1.29 is 31.9 Å². The zero-order valence-electron chi connectivity index (χ0n) is 16.4. The summed E-state index contributed by atoms with van der Waals surface area (Å²) in [5.41, 5.74) is 5.43. The number of para-hydroxylation sites is 1. The molecule has 0 bridgehead atoms. The lowest BCUT2D eigenvalue weighted by atomic mass is 9.94. The topological polar surface area (TPSA) is 84.7 Å². The Hall–Kier alpha value is -2.52. The fraction of sp³-hybridized carbons (Fsp3) is 0.600. The minimum atomic E-state index is -3.49. The van der Waals surface area contributed by atoms with Gasteiger partial charge in [0.1, 0.15) is 11.8 Å². The largest absolute Gasteiger partial charge is 0.435 e. The van der Waals surface area contributed by atoms with Crippen molar-refractivity contribution in [3.05, 3.63) is 29.8 Å². The van der Waals surface area contributed by atoms with Crippen LogP contribution in [0.2, 0.25) is 0 Å². The Morgan fingerprint density at radius 2 is 1.80 bits per heavy atom. The first-order chi connectivity index (χ1) is 14.1. The van der Waals surface area contributed by atoms with E-state index in [0.717, 1.165) is 31.7 Å². The van der Waals surface area contributed by atoms with Crippen LogP contribution in [0.15, 0.2) is 24.3 Å². The van der Waals surface area contributed by atoms with Crippen molar-refractivity contribution in [2.45, 2.75) is 57.1 Å². The first-order valence-corrected chi connectivity index (χ1v) is 9.85. The molecule has 1 saturated heterocycles. The van der Waals surface area contributed by atoms with Crippen molar-refractivity contribution in [2.24, 2.45) is 11.1 Å². The van der Waals surface area contributed by atoms with Crippen molar-refractivity contribution in [3.8, 4) is 5.75 Å². The molecule has 30 heavy (non-hydrogen) atoms. The number of halogens is 4. The molecule has 3 rings (SSSR count). The number of nitrogens with zero attached hydrogens (tertiary/aromatic N) is 1. The van der Waals surface area contributed by atoms with E-state index in [1.165, 1.54) is 23.1 Å². The molecule has 1 aliphatic carbocycles. The second kappa shape index (κ2) is 8.69. The number of ether oxygens (including phenoxy) is 1. The van der Waals surface area contributed by atoms with E-state index < -0.39 is 43.4 Å². The third-order valence-electron chi connectivity index (χ3n) is 5.85. The van der Waals surface area contributed by atoms with Gasteiger partial charge in [0.2, 0.25) is 5.91 Å². The lowest BCUT2D eigenvalue weighted by Gasteiger charge is -2.33. The Balaban J connectivity index is 1.61. The van der Waals surface area contributed by atoms with Crippen molar-refractivity contribution in [2.75, 3.05) is 13.1 Å². The van der Waals surface area contributed by atoms with Gasteiger partial charge in [-0.05, 0) is 37.2 Å². The number of rotatable bonds is 8. The number of benzene rings is 1. The average molecular weight is 431 g/mol. The summed E-state index contributed by atoms with van der Waals surface area (Å²) in [7, 11) is 0. The second-order valence-corrected chi connectivity index (χ2v) is 8.11. The first-order valence-electron chi connectivity index (χ1n) is 9.85. The molecule has 10 heteroatoms. The number of piperidine rings is 1. The van der Waals surface area contributed by atoms with Gasteiger partial charge in [-0.1, -0.05) is 18.2 Å². The number of nitrogens with two attached hydrogens (primary N) is 1. The second-order valence-electron chi connectivity index (χ2n) is 8.11. The number of likely N-dealkylation sites (tertiary alicyclic amines) is 1. The first kappa shape index (κ1) is 22.2. The van der Waals surface area contributed by atoms with Gasteiger partial charge in [0.25, 0.3) is 5.92 Å². The Labute approximate surface area is 171 Å². The lowest BCUT2D eigenvalue weighted by molar-refractivity contribution is -0.122. The summed E-state index contributed by atoms with van der Waals surface area (Å²) in [6.07, 6.45) is 2.03. The summed E-state index contributed by atoms with van der Waals surface area (Å²) >= 11 is 0. The van der Waals surface area contributed by atoms with Crippen LogP contribution in [-0.2, 0) is 11.2 Å². The highest BCUT2D eigenvalue weighted by molar-refractivity contribution is 5.86. The minimum absolute atomic E-state index is 0.136. The molecule has 6 nitrogen and oxygen atoms in total. The van der Waals surface area contributed by atoms with E-state index in [1.807, 2.05) is 0 Å². The van der Waals surface area contributed by atoms with Gasteiger partial charge in [-0.2, -0.15) is 8.78 Å². The van der Waals surface area contributed by atoms with E-state index in [9.17, 15) is 27.2 Å². The molecule has 1 aromatic carbocycles. The number of urea groups is 1. The summed E-state index contributed by atoms with van der Waals surface area (Å²) in [5.74, 6) is -4.95. The standard InChI is InChI=1S/C20H25F4N3O3/c21-17(22)30-15-4-2-1-3-13(15)11-20(23,24)12-14(16(25)28)26-18(29)27-9-7-19(5-6-19)8-10-27/h1-4,14,17H,5-12H2,(H2,25,28)(H,26,29)/t14-/m0/s1. The SMILES string of the molecule is NC(=O)[C@H](CC(F)(F)Cc1ccccc1OC(F)F)NC(=O)N1CCC2(CC1)CC2. The van der Waals surface area contributed by atoms with Crippen molar-refractivity contribution in [3.63, 3.8) is 0 Å². The van der Waals surface area contributed by atoms with Crippen LogP contribution in [0.3, 0.4) is 0 Å². The smallest absolute Gasteiger partial charge is 0.387 e. The van der Waals surface area contributed by atoms with E-state index >= 15 is 0 Å². The maximum atomic E-state index is 14.6. The average Bonchev–Trinajstić information content (AvgIpc) is 3.41. The predicted molar refractivity (Wildman–Crippen MR) is 100 cm³/mol. The normalized spacial score (nSPS) is 18.9. The van der Waals surface area contributed by atoms with Crippen LogP contribution in [0.1, 0.15) is 37.7 Å². The highest BCUT2D eigenvalue weighted by Crippen LogP contribution is 2.53. The molecule has 0 aromatic heterocycles. The zero-order chi connectivity index (χ0) is 21.9. The lowest BCUT2D eigenvalue weighted by Crippen LogP contribution is -2.53. The number of amides is 3. The molecule has 1 aromatic rings. The van der Waals surface area contributed by atoms with Crippen LogP contribution in [-0.4, -0.2) is 48.5 Å². The number of carbonyl (C=O) groups excluding carboxylic acids is 2. The van der Waals surface area contributed by atoms with E-state index in [4.69, 9.17) is 5.73 Å². The molecule has 0 unspecified atom stereocenters. The number of nitrogens with one attached hydrogen (secondary N) is 1. The maximum Gasteiger partial charge on any atom is 0.387 e. The van der Waals surface area contributed by atoms with Gasteiger partial charge >= 0.3 is 12.6 Å². The predicted octanol–water partition coefficient (Wildman–Crippen LogP) is 3.30. The Bertz CT molecular complexity index is 776. The third-order valence-corrected chi connectivity index (χ3v) is 5.85. The highest BCUT2D eigenvalue weighted by atomic mass is 19.3. The maximum absolute atomic E-state index is 14.6. The number of hydrogen-bond donors (Lipinski definition) is 2. The van der Waals surface area contributed by atoms with Gasteiger partial charge in [0, 0.05) is 31.5 Å². The molecule has 2 fully saturated rings. The van der Waals surface area contributed by atoms with Gasteiger partial charge in [-0.3, -0.25) is 4.79 Å². The van der Waals surface area contributed by atoms with E-state index in [0.29, 0.717) is 18.5 Å².